The number of piperidine rings is 1. The second-order valence-corrected chi connectivity index (χ2v) is 4.68. The van der Waals surface area contributed by atoms with Crippen LogP contribution in [0, 0.1) is 5.92 Å². The van der Waals surface area contributed by atoms with Crippen LogP contribution in [0.2, 0.25) is 0 Å². The van der Waals surface area contributed by atoms with Crippen LogP contribution < -0.4 is 0 Å². The van der Waals surface area contributed by atoms with Crippen molar-refractivity contribution in [2.75, 3.05) is 46.9 Å². The molecule has 0 aromatic carbocycles. The standard InChI is InChI=1S/C12H24N2O2/c1-11(15)13(2)10-12-4-6-14(7-5-12)8-9-16-3/h12H,4-10H2,1-3H3. The molecule has 1 aliphatic rings. The van der Waals surface area contributed by atoms with Gasteiger partial charge in [-0.3, -0.25) is 4.79 Å². The van der Waals surface area contributed by atoms with E-state index in [-0.39, 0.29) is 5.91 Å². The number of rotatable bonds is 5. The van der Waals surface area contributed by atoms with Crippen molar-refractivity contribution in [2.24, 2.45) is 5.92 Å². The lowest BCUT2D eigenvalue weighted by molar-refractivity contribution is -0.128. The number of hydrogen-bond acceptors (Lipinski definition) is 3. The molecular formula is C12H24N2O2. The number of amides is 1. The third-order valence-electron chi connectivity index (χ3n) is 3.39. The number of hydrogen-bond donors (Lipinski definition) is 0. The summed E-state index contributed by atoms with van der Waals surface area (Å²) in [4.78, 5) is 15.4. The van der Waals surface area contributed by atoms with Crippen LogP contribution in [0.15, 0.2) is 0 Å². The predicted octanol–water partition coefficient (Wildman–Crippen LogP) is 0.823. The lowest BCUT2D eigenvalue weighted by Gasteiger charge is -2.33. The van der Waals surface area contributed by atoms with Gasteiger partial charge in [0.25, 0.3) is 0 Å². The zero-order chi connectivity index (χ0) is 12.0. The lowest BCUT2D eigenvalue weighted by atomic mass is 9.96. The minimum absolute atomic E-state index is 0.168. The van der Waals surface area contributed by atoms with Crippen LogP contribution in [-0.4, -0.2) is 62.7 Å². The molecule has 1 amide bonds. The highest BCUT2D eigenvalue weighted by Gasteiger charge is 2.20. The number of likely N-dealkylation sites (tertiary alicyclic amines) is 1. The molecule has 1 heterocycles. The van der Waals surface area contributed by atoms with E-state index < -0.39 is 0 Å². The summed E-state index contributed by atoms with van der Waals surface area (Å²) in [6, 6.07) is 0. The first-order valence-electron chi connectivity index (χ1n) is 6.06. The van der Waals surface area contributed by atoms with Gasteiger partial charge in [0.1, 0.15) is 0 Å². The Kier molecular flexibility index (Phi) is 5.77. The van der Waals surface area contributed by atoms with Crippen LogP contribution in [0.3, 0.4) is 0 Å². The van der Waals surface area contributed by atoms with E-state index in [1.165, 1.54) is 12.8 Å². The van der Waals surface area contributed by atoms with Crippen molar-refractivity contribution in [3.63, 3.8) is 0 Å². The maximum Gasteiger partial charge on any atom is 0.219 e. The second kappa shape index (κ2) is 6.86. The summed E-state index contributed by atoms with van der Waals surface area (Å²) in [7, 11) is 3.63. The molecule has 0 unspecified atom stereocenters. The van der Waals surface area contributed by atoms with Gasteiger partial charge in [0.2, 0.25) is 5.91 Å². The highest BCUT2D eigenvalue weighted by atomic mass is 16.5. The minimum Gasteiger partial charge on any atom is -0.383 e. The number of methoxy groups -OCH3 is 1. The van der Waals surface area contributed by atoms with E-state index >= 15 is 0 Å². The van der Waals surface area contributed by atoms with Gasteiger partial charge in [0, 0.05) is 34.2 Å². The van der Waals surface area contributed by atoms with E-state index in [1.807, 2.05) is 11.9 Å². The third kappa shape index (κ3) is 4.49. The van der Waals surface area contributed by atoms with Gasteiger partial charge in [0.15, 0.2) is 0 Å². The Morgan fingerprint density at radius 1 is 1.44 bits per heavy atom. The van der Waals surface area contributed by atoms with Crippen LogP contribution in [-0.2, 0) is 9.53 Å². The molecule has 1 saturated heterocycles. The molecule has 0 bridgehead atoms. The first kappa shape index (κ1) is 13.5. The highest BCUT2D eigenvalue weighted by molar-refractivity contribution is 5.72. The van der Waals surface area contributed by atoms with E-state index in [0.717, 1.165) is 32.8 Å². The molecule has 0 atom stereocenters. The summed E-state index contributed by atoms with van der Waals surface area (Å²) < 4.78 is 5.07. The van der Waals surface area contributed by atoms with E-state index in [1.54, 1.807) is 14.0 Å². The van der Waals surface area contributed by atoms with Gasteiger partial charge in [-0.2, -0.15) is 0 Å². The summed E-state index contributed by atoms with van der Waals surface area (Å²) in [6.07, 6.45) is 2.39. The number of ether oxygens (including phenoxy) is 1. The summed E-state index contributed by atoms with van der Waals surface area (Å²) in [5.41, 5.74) is 0. The molecule has 16 heavy (non-hydrogen) atoms. The third-order valence-corrected chi connectivity index (χ3v) is 3.39. The molecule has 0 spiro atoms. The van der Waals surface area contributed by atoms with Gasteiger partial charge in [-0.25, -0.2) is 0 Å². The van der Waals surface area contributed by atoms with Gasteiger partial charge in [0.05, 0.1) is 6.61 Å². The smallest absolute Gasteiger partial charge is 0.219 e. The Morgan fingerprint density at radius 2 is 2.06 bits per heavy atom. The van der Waals surface area contributed by atoms with Crippen LogP contribution >= 0.6 is 0 Å². The molecule has 1 rings (SSSR count). The maximum atomic E-state index is 11.1. The Bertz CT molecular complexity index is 213. The Labute approximate surface area is 98.5 Å². The van der Waals surface area contributed by atoms with Gasteiger partial charge in [-0.1, -0.05) is 0 Å². The van der Waals surface area contributed by atoms with Crippen LogP contribution in [0.1, 0.15) is 19.8 Å². The highest BCUT2D eigenvalue weighted by Crippen LogP contribution is 2.17. The van der Waals surface area contributed by atoms with Gasteiger partial charge >= 0.3 is 0 Å². The topological polar surface area (TPSA) is 32.8 Å². The SMILES string of the molecule is COCCN1CCC(CN(C)C(C)=O)CC1. The molecule has 4 nitrogen and oxygen atoms in total. The number of nitrogens with zero attached hydrogens (tertiary/aromatic N) is 2. The van der Waals surface area contributed by atoms with Crippen LogP contribution in [0.25, 0.3) is 0 Å². The maximum absolute atomic E-state index is 11.1. The van der Waals surface area contributed by atoms with E-state index in [0.29, 0.717) is 5.92 Å². The summed E-state index contributed by atoms with van der Waals surface area (Å²) in [6.45, 7) is 6.67. The molecule has 0 radical (unpaired) electrons. The number of carbonyl (C=O) groups is 1. The monoisotopic (exact) mass is 228 g/mol. The van der Waals surface area contributed by atoms with Crippen molar-refractivity contribution in [2.45, 2.75) is 19.8 Å². The molecule has 0 aromatic rings. The molecule has 0 saturated carbocycles. The minimum atomic E-state index is 0.168. The van der Waals surface area contributed by atoms with Crippen LogP contribution in [0.4, 0.5) is 0 Å². The van der Waals surface area contributed by atoms with Crippen LogP contribution in [0.5, 0.6) is 0 Å². The predicted molar refractivity (Wildman–Crippen MR) is 64.4 cm³/mol. The zero-order valence-electron chi connectivity index (χ0n) is 10.7. The molecule has 4 heteroatoms. The fourth-order valence-electron chi connectivity index (χ4n) is 2.13. The normalized spacial score (nSPS) is 18.7. The zero-order valence-corrected chi connectivity index (χ0v) is 10.7. The first-order valence-corrected chi connectivity index (χ1v) is 6.06. The van der Waals surface area contributed by atoms with E-state index in [9.17, 15) is 4.79 Å². The van der Waals surface area contributed by atoms with Crippen molar-refractivity contribution >= 4 is 5.91 Å². The van der Waals surface area contributed by atoms with Crippen molar-refractivity contribution < 1.29 is 9.53 Å². The Balaban J connectivity index is 2.19. The average Bonchev–Trinajstić information content (AvgIpc) is 2.28. The molecule has 0 N–H and O–H groups in total. The Morgan fingerprint density at radius 3 is 2.56 bits per heavy atom. The molecule has 1 fully saturated rings. The summed E-state index contributed by atoms with van der Waals surface area (Å²) in [5, 5.41) is 0. The van der Waals surface area contributed by atoms with Crippen molar-refractivity contribution in [1.82, 2.24) is 9.80 Å². The first-order chi connectivity index (χ1) is 7.63. The van der Waals surface area contributed by atoms with Gasteiger partial charge in [-0.15, -0.1) is 0 Å². The van der Waals surface area contributed by atoms with Gasteiger partial charge < -0.3 is 14.5 Å². The molecule has 0 aliphatic carbocycles. The van der Waals surface area contributed by atoms with Crippen molar-refractivity contribution in [3.05, 3.63) is 0 Å². The van der Waals surface area contributed by atoms with Crippen molar-refractivity contribution in [1.29, 1.82) is 0 Å². The quantitative estimate of drug-likeness (QED) is 0.698. The van der Waals surface area contributed by atoms with Gasteiger partial charge in [-0.05, 0) is 31.8 Å². The molecule has 94 valence electrons. The number of carbonyl (C=O) groups excluding carboxylic acids is 1. The second-order valence-electron chi connectivity index (χ2n) is 4.68. The van der Waals surface area contributed by atoms with Crippen molar-refractivity contribution in [3.8, 4) is 0 Å². The fraction of sp³-hybridized carbons (Fsp3) is 0.917. The lowest BCUT2D eigenvalue weighted by Crippen LogP contribution is -2.40. The largest absolute Gasteiger partial charge is 0.383 e. The average molecular weight is 228 g/mol. The summed E-state index contributed by atoms with van der Waals surface area (Å²) in [5.74, 6) is 0.842. The Hall–Kier alpha value is -0.610. The van der Waals surface area contributed by atoms with E-state index in [2.05, 4.69) is 4.90 Å². The fourth-order valence-corrected chi connectivity index (χ4v) is 2.13. The molecule has 1 aliphatic heterocycles. The molecular weight excluding hydrogens is 204 g/mol. The molecule has 0 aromatic heterocycles. The van der Waals surface area contributed by atoms with E-state index in [4.69, 9.17) is 4.74 Å². The summed E-state index contributed by atoms with van der Waals surface area (Å²) >= 11 is 0.